The molecule has 2 aromatic rings. The van der Waals surface area contributed by atoms with Gasteiger partial charge in [-0.1, -0.05) is 25.1 Å². The first-order chi connectivity index (χ1) is 13.6. The summed E-state index contributed by atoms with van der Waals surface area (Å²) in [5.41, 5.74) is 2.32. The zero-order valence-corrected chi connectivity index (χ0v) is 16.9. The van der Waals surface area contributed by atoms with E-state index < -0.39 is 0 Å². The zero-order valence-electron chi connectivity index (χ0n) is 16.9. The second-order valence-corrected chi connectivity index (χ2v) is 6.93. The van der Waals surface area contributed by atoms with Gasteiger partial charge < -0.3 is 20.3 Å². The Hall–Kier alpha value is -2.83. The molecule has 0 radical (unpaired) electrons. The Labute approximate surface area is 166 Å². The normalized spacial score (nSPS) is 14.6. The van der Waals surface area contributed by atoms with Gasteiger partial charge in [-0.25, -0.2) is 14.8 Å². The van der Waals surface area contributed by atoms with E-state index in [0.717, 1.165) is 36.6 Å². The predicted molar refractivity (Wildman–Crippen MR) is 111 cm³/mol. The highest BCUT2D eigenvalue weighted by molar-refractivity contribution is 5.67. The molecule has 0 aliphatic carbocycles. The van der Waals surface area contributed by atoms with E-state index in [9.17, 15) is 4.79 Å². The number of para-hydroxylation sites is 1. The lowest BCUT2D eigenvalue weighted by Gasteiger charge is -2.31. The van der Waals surface area contributed by atoms with Crippen LogP contribution in [0.1, 0.15) is 38.1 Å². The Kier molecular flexibility index (Phi) is 6.68. The Bertz CT molecular complexity index is 803. The van der Waals surface area contributed by atoms with Gasteiger partial charge in [-0.05, 0) is 44.7 Å². The fourth-order valence-electron chi connectivity index (χ4n) is 3.42. The maximum Gasteiger partial charge on any atom is 0.409 e. The minimum Gasteiger partial charge on any atom is -0.450 e. The number of aryl methyl sites for hydroxylation is 2. The number of nitrogens with one attached hydrogen (secondary N) is 2. The number of likely N-dealkylation sites (tertiary alicyclic amines) is 1. The minimum absolute atomic E-state index is 0.222. The highest BCUT2D eigenvalue weighted by Crippen LogP contribution is 2.23. The smallest absolute Gasteiger partial charge is 0.409 e. The van der Waals surface area contributed by atoms with E-state index in [4.69, 9.17) is 4.74 Å². The van der Waals surface area contributed by atoms with E-state index in [1.54, 1.807) is 4.90 Å². The van der Waals surface area contributed by atoms with Crippen LogP contribution < -0.4 is 10.6 Å². The topological polar surface area (TPSA) is 79.4 Å². The molecule has 1 aromatic heterocycles. The van der Waals surface area contributed by atoms with E-state index in [-0.39, 0.29) is 12.1 Å². The number of piperidine rings is 1. The largest absolute Gasteiger partial charge is 0.450 e. The number of aromatic nitrogens is 2. The first-order valence-corrected chi connectivity index (χ1v) is 9.98. The van der Waals surface area contributed by atoms with Gasteiger partial charge in [-0.2, -0.15) is 0 Å². The summed E-state index contributed by atoms with van der Waals surface area (Å²) in [5.74, 6) is 2.30. The molecule has 1 aliphatic rings. The van der Waals surface area contributed by atoms with Crippen LogP contribution in [0.2, 0.25) is 0 Å². The Morgan fingerprint density at radius 1 is 1.18 bits per heavy atom. The Balaban J connectivity index is 1.63. The van der Waals surface area contributed by atoms with Crippen molar-refractivity contribution in [2.24, 2.45) is 0 Å². The molecular weight excluding hydrogens is 354 g/mol. The number of nitrogens with zero attached hydrogens (tertiary/aromatic N) is 3. The maximum atomic E-state index is 11.8. The number of anilines is 3. The van der Waals surface area contributed by atoms with Gasteiger partial charge >= 0.3 is 6.09 Å². The summed E-state index contributed by atoms with van der Waals surface area (Å²) >= 11 is 0. The molecule has 1 aromatic carbocycles. The van der Waals surface area contributed by atoms with Crippen molar-refractivity contribution in [2.75, 3.05) is 30.3 Å². The highest BCUT2D eigenvalue weighted by Gasteiger charge is 2.23. The van der Waals surface area contributed by atoms with Gasteiger partial charge in [0.25, 0.3) is 0 Å². The molecular formula is C21H29N5O2. The number of rotatable bonds is 6. The monoisotopic (exact) mass is 383 g/mol. The standard InChI is InChI=1S/C21H29N5O2/c1-4-16-8-6-7-9-18(16)25-20-14-19(22-15(3)23-20)24-17-10-12-26(13-11-17)21(27)28-5-2/h6-9,14,17H,4-5,10-13H2,1-3H3,(H2,22,23,24,25). The van der Waals surface area contributed by atoms with Crippen molar-refractivity contribution in [3.05, 3.63) is 41.7 Å². The van der Waals surface area contributed by atoms with Crippen molar-refractivity contribution in [3.63, 3.8) is 0 Å². The summed E-state index contributed by atoms with van der Waals surface area (Å²) in [5, 5.41) is 6.92. The summed E-state index contributed by atoms with van der Waals surface area (Å²) in [6.45, 7) is 7.65. The van der Waals surface area contributed by atoms with Gasteiger partial charge in [0.15, 0.2) is 0 Å². The molecule has 0 bridgehead atoms. The van der Waals surface area contributed by atoms with Crippen LogP contribution >= 0.6 is 0 Å². The Morgan fingerprint density at radius 2 is 1.89 bits per heavy atom. The van der Waals surface area contributed by atoms with Crippen molar-refractivity contribution in [3.8, 4) is 0 Å². The number of hydrogen-bond acceptors (Lipinski definition) is 6. The molecule has 0 atom stereocenters. The molecule has 1 amide bonds. The number of hydrogen-bond donors (Lipinski definition) is 2. The van der Waals surface area contributed by atoms with Crippen LogP contribution in [0.5, 0.6) is 0 Å². The molecule has 150 valence electrons. The molecule has 1 saturated heterocycles. The number of carbonyl (C=O) groups excluding carboxylic acids is 1. The van der Waals surface area contributed by atoms with Crippen LogP contribution in [-0.2, 0) is 11.2 Å². The molecule has 3 rings (SSSR count). The van der Waals surface area contributed by atoms with Gasteiger partial charge in [0.1, 0.15) is 17.5 Å². The first-order valence-electron chi connectivity index (χ1n) is 9.98. The number of carbonyl (C=O) groups is 1. The summed E-state index contributed by atoms with van der Waals surface area (Å²) in [6, 6.07) is 10.5. The van der Waals surface area contributed by atoms with E-state index >= 15 is 0 Å². The molecule has 7 nitrogen and oxygen atoms in total. The molecule has 2 heterocycles. The van der Waals surface area contributed by atoms with Crippen molar-refractivity contribution in [1.82, 2.24) is 14.9 Å². The number of ether oxygens (including phenoxy) is 1. The van der Waals surface area contributed by atoms with E-state index in [0.29, 0.717) is 25.5 Å². The highest BCUT2D eigenvalue weighted by atomic mass is 16.6. The fourth-order valence-corrected chi connectivity index (χ4v) is 3.42. The lowest BCUT2D eigenvalue weighted by molar-refractivity contribution is 0.0983. The zero-order chi connectivity index (χ0) is 19.9. The number of benzene rings is 1. The molecule has 0 saturated carbocycles. The lowest BCUT2D eigenvalue weighted by atomic mass is 10.1. The van der Waals surface area contributed by atoms with Crippen LogP contribution in [0.25, 0.3) is 0 Å². The van der Waals surface area contributed by atoms with Crippen LogP contribution in [0.15, 0.2) is 30.3 Å². The Morgan fingerprint density at radius 3 is 2.61 bits per heavy atom. The summed E-state index contributed by atoms with van der Waals surface area (Å²) < 4.78 is 5.08. The van der Waals surface area contributed by atoms with Gasteiger partial charge in [0.05, 0.1) is 6.61 Å². The molecule has 0 spiro atoms. The van der Waals surface area contributed by atoms with Crippen LogP contribution in [0.4, 0.5) is 22.1 Å². The molecule has 2 N–H and O–H groups in total. The molecule has 1 fully saturated rings. The average molecular weight is 383 g/mol. The van der Waals surface area contributed by atoms with Gasteiger partial charge in [0, 0.05) is 30.9 Å². The predicted octanol–water partition coefficient (Wildman–Crippen LogP) is 4.12. The SMILES string of the molecule is CCOC(=O)N1CCC(Nc2cc(Nc3ccccc3CC)nc(C)n2)CC1. The van der Waals surface area contributed by atoms with Gasteiger partial charge in [-0.15, -0.1) is 0 Å². The van der Waals surface area contributed by atoms with E-state index in [1.807, 2.05) is 32.0 Å². The number of amides is 1. The third-order valence-corrected chi connectivity index (χ3v) is 4.87. The second kappa shape index (κ2) is 9.39. The lowest BCUT2D eigenvalue weighted by Crippen LogP contribution is -2.42. The minimum atomic E-state index is -0.222. The first kappa shape index (κ1) is 19.9. The third-order valence-electron chi connectivity index (χ3n) is 4.87. The van der Waals surface area contributed by atoms with Crippen molar-refractivity contribution >= 4 is 23.4 Å². The van der Waals surface area contributed by atoms with Crippen LogP contribution in [0.3, 0.4) is 0 Å². The third kappa shape index (κ3) is 5.12. The van der Waals surface area contributed by atoms with E-state index in [1.165, 1.54) is 5.56 Å². The van der Waals surface area contributed by atoms with E-state index in [2.05, 4.69) is 39.7 Å². The maximum absolute atomic E-state index is 11.8. The van der Waals surface area contributed by atoms with Crippen molar-refractivity contribution < 1.29 is 9.53 Å². The van der Waals surface area contributed by atoms with Crippen LogP contribution in [0, 0.1) is 6.92 Å². The quantitative estimate of drug-likeness (QED) is 0.781. The van der Waals surface area contributed by atoms with Crippen molar-refractivity contribution in [1.29, 1.82) is 0 Å². The van der Waals surface area contributed by atoms with Crippen LogP contribution in [-0.4, -0.2) is 46.7 Å². The average Bonchev–Trinajstić information content (AvgIpc) is 2.69. The molecule has 28 heavy (non-hydrogen) atoms. The molecule has 0 unspecified atom stereocenters. The van der Waals surface area contributed by atoms with Crippen molar-refractivity contribution in [2.45, 2.75) is 46.1 Å². The fraction of sp³-hybridized carbons (Fsp3) is 0.476. The second-order valence-electron chi connectivity index (χ2n) is 6.93. The molecule has 7 heteroatoms. The summed E-state index contributed by atoms with van der Waals surface area (Å²) in [6.07, 6.45) is 2.46. The summed E-state index contributed by atoms with van der Waals surface area (Å²) in [4.78, 5) is 22.6. The molecule has 1 aliphatic heterocycles. The van der Waals surface area contributed by atoms with Gasteiger partial charge in [-0.3, -0.25) is 0 Å². The van der Waals surface area contributed by atoms with Gasteiger partial charge in [0.2, 0.25) is 0 Å². The summed E-state index contributed by atoms with van der Waals surface area (Å²) in [7, 11) is 0.